The molecule has 6 N–H and O–H groups in total. The molecule has 0 aromatic carbocycles. The van der Waals surface area contributed by atoms with Crippen molar-refractivity contribution in [1.29, 1.82) is 0 Å². The van der Waals surface area contributed by atoms with Gasteiger partial charge in [-0.25, -0.2) is 131 Å². The number of hydrogen-bond acceptors (Lipinski definition) is 42. The summed E-state index contributed by atoms with van der Waals surface area (Å²) in [6, 6.07) is 11.0. The molecule has 0 spiro atoms. The van der Waals surface area contributed by atoms with Crippen LogP contribution in [-0.2, 0) is 190 Å². The average Bonchev–Trinajstić information content (AvgIpc) is 1.60. The van der Waals surface area contributed by atoms with Gasteiger partial charge in [-0.2, -0.15) is 0 Å². The van der Waals surface area contributed by atoms with Gasteiger partial charge < -0.3 is 84.5 Å². The van der Waals surface area contributed by atoms with Crippen LogP contribution in [0, 0.1) is 0 Å². The molecular weight excluding hydrogens is 2070 g/mol. The Labute approximate surface area is 737 Å². The van der Waals surface area contributed by atoms with Crippen molar-refractivity contribution < 1.29 is 224 Å². The van der Waals surface area contributed by atoms with Crippen molar-refractivity contribution in [2.75, 3.05) is 0 Å². The first-order chi connectivity index (χ1) is 55.1. The van der Waals surface area contributed by atoms with Crippen LogP contribution in [0.1, 0.15) is 68.3 Å². The molecule has 6 aliphatic rings. The van der Waals surface area contributed by atoms with E-state index in [9.17, 15) is 156 Å². The summed E-state index contributed by atoms with van der Waals surface area (Å²) in [5, 5.41) is 0. The summed E-state index contributed by atoms with van der Waals surface area (Å²) in [7, 11) is -65.1. The summed E-state index contributed by atoms with van der Waals surface area (Å²) in [4.78, 5) is 23.5. The van der Waals surface area contributed by atoms with Gasteiger partial charge in [-0.3, -0.25) is 0 Å². The zero-order chi connectivity index (χ0) is 88.2. The minimum absolute atomic E-state index is 0. The van der Waals surface area contributed by atoms with Gasteiger partial charge in [0.05, 0.1) is 135 Å². The molecule has 0 unspecified atom stereocenters. The molecule has 64 heteroatoms. The number of hydrogen-bond donors (Lipinski definition) is 6. The van der Waals surface area contributed by atoms with Crippen molar-refractivity contribution in [2.24, 2.45) is 0 Å². The van der Waals surface area contributed by atoms with Gasteiger partial charge >= 0.3 is 68.3 Å². The molecular formula is C60H30Fe4N12O36S12. The molecule has 9 aromatic rings. The van der Waals surface area contributed by atoms with Gasteiger partial charge in [-0.05, 0) is 146 Å². The monoisotopic (exact) mass is 2100 g/mol. The summed E-state index contributed by atoms with van der Waals surface area (Å²) in [5.74, 6) is 0. The third-order valence-electron chi connectivity index (χ3n) is 16.7. The van der Waals surface area contributed by atoms with Gasteiger partial charge in [0.2, 0.25) is 0 Å². The standard InChI is InChI=1S/3C20H14N4O12S4.4Fe/c3*25-37(26,27)17-9-1-2-10(21-9)18(38(28,29)30)12-5-6-14(23-12)20(40(34,35)36)16-8-7-15(24-16)19(39(31,32)33)13-4-3-11(17)22-13;;;;/h3*1-8,21-22H,(H,25,26,27)(H,28,29,30)(H,31,32,33)(H,34,35,36);;;;/q;;;4*+3/p-12. The Kier molecular flexibility index (Phi) is 26.9. The minimum Gasteiger partial charge on any atom is -0.744 e. The van der Waals surface area contributed by atoms with Crippen LogP contribution in [0.4, 0.5) is 0 Å². The van der Waals surface area contributed by atoms with Gasteiger partial charge in [-0.15, -0.1) is 0 Å². The van der Waals surface area contributed by atoms with Crippen molar-refractivity contribution in [3.8, 4) is 0 Å². The topological polar surface area (TPSA) is 858 Å². The Balaban J connectivity index is 0.000000207. The van der Waals surface area contributed by atoms with Crippen molar-refractivity contribution in [2.45, 2.75) is 58.7 Å². The van der Waals surface area contributed by atoms with Crippen molar-refractivity contribution >= 4 is 261 Å². The van der Waals surface area contributed by atoms with Crippen LogP contribution in [0.2, 0.25) is 0 Å². The first kappa shape index (κ1) is 98.6. The SMILES string of the molecule is O=S(=O)([O-])c1c2nc(c(S(=O)(=O)[O-])c3ccc([nH]3)c(S(=O)(=O)[O-])c3ccc([nH]3)c(S(=O)(=O)[O-])c3nc1C=C3)C=C2.O=S(=O)([O-])c1c2nc(c(S(=O)(=O)[O-])c3ccc([nH]3)c(S(=O)(=O)[O-])c3ccc([nH]3)c(S(=O)(=O)[O-])c3nc1C=C3)C=C2.O=S(=O)([O-])c1c2nc(c(S(=O)(=O)[O-])c3ccc([nH]3)c(S(=O)(=O)[O-])c3ccc([nH]3)c(S(=O)(=O)[O-])c3nc1C=C3)C=C2.[Fe+3].[Fe+3].[Fe+3].[Fe+3]. The van der Waals surface area contributed by atoms with E-state index in [1.807, 2.05) is 0 Å². The van der Waals surface area contributed by atoms with E-state index >= 15 is 0 Å². The Morgan fingerprint density at radius 1 is 0.145 bits per heavy atom. The maximum absolute atomic E-state index is 12.2. The molecule has 15 rings (SSSR count). The molecule has 124 heavy (non-hydrogen) atoms. The molecule has 0 saturated carbocycles. The summed E-state index contributed by atoms with van der Waals surface area (Å²) in [6.07, 6.45) is 10.5. The van der Waals surface area contributed by atoms with Crippen LogP contribution in [0.3, 0.4) is 0 Å². The zero-order valence-corrected chi connectivity index (χ0v) is 72.8. The molecule has 0 atom stereocenters. The predicted molar refractivity (Wildman–Crippen MR) is 392 cm³/mol. The smallest absolute Gasteiger partial charge is 0.744 e. The number of rotatable bonds is 12. The molecule has 48 nitrogen and oxygen atoms in total. The van der Waals surface area contributed by atoms with Gasteiger partial charge in [0.1, 0.15) is 180 Å². The van der Waals surface area contributed by atoms with E-state index < -0.39 is 315 Å². The molecule has 0 amide bonds. The van der Waals surface area contributed by atoms with E-state index in [1.54, 1.807) is 0 Å². The molecule has 24 bridgehead atoms. The quantitative estimate of drug-likeness (QED) is 0.0728. The molecule has 9 aromatic heterocycles. The maximum Gasteiger partial charge on any atom is 3.00 e. The fraction of sp³-hybridized carbons (Fsp3) is 0. The number of nitrogens with zero attached hydrogens (tertiary/aromatic N) is 6. The van der Waals surface area contributed by atoms with Gasteiger partial charge in [0.25, 0.3) is 0 Å². The number of H-pyrrole nitrogens is 6. The molecule has 0 aliphatic carbocycles. The number of nitrogens with one attached hydrogen (secondary N) is 6. The second kappa shape index (κ2) is 33.9. The van der Waals surface area contributed by atoms with E-state index in [2.05, 4.69) is 59.8 Å². The zero-order valence-electron chi connectivity index (χ0n) is 58.5. The van der Waals surface area contributed by atoms with Crippen LogP contribution in [0.5, 0.6) is 0 Å². The van der Waals surface area contributed by atoms with Crippen LogP contribution < -0.4 is 0 Å². The molecule has 15 heterocycles. The molecule has 4 radical (unpaired) electrons. The van der Waals surface area contributed by atoms with E-state index in [1.165, 1.54) is 0 Å². The van der Waals surface area contributed by atoms with Gasteiger partial charge in [-0.1, -0.05) is 0 Å². The number of aromatic nitrogens is 12. The molecule has 6 aliphatic heterocycles. The van der Waals surface area contributed by atoms with Gasteiger partial charge in [0.15, 0.2) is 0 Å². The van der Waals surface area contributed by atoms with Crippen LogP contribution in [0.15, 0.2) is 132 Å². The normalized spacial score (nSPS) is 13.6. The van der Waals surface area contributed by atoms with E-state index in [0.717, 1.165) is 146 Å². The van der Waals surface area contributed by atoms with Crippen molar-refractivity contribution in [1.82, 2.24) is 59.8 Å². The molecule has 0 saturated heterocycles. The first-order valence-electron chi connectivity index (χ1n) is 31.1. The second-order valence-electron chi connectivity index (χ2n) is 24.4. The van der Waals surface area contributed by atoms with E-state index in [0.29, 0.717) is 0 Å². The second-order valence-corrected chi connectivity index (χ2v) is 40.2. The largest absolute Gasteiger partial charge is 3.00 e. The number of fused-ring (bicyclic) bond motifs is 24. The molecule has 0 fully saturated rings. The maximum atomic E-state index is 12.2. The van der Waals surface area contributed by atoms with Crippen LogP contribution in [0.25, 0.3) is 139 Å². The summed E-state index contributed by atoms with van der Waals surface area (Å²) >= 11 is 0. The third-order valence-corrected chi connectivity index (χ3v) is 27.8. The predicted octanol–water partition coefficient (Wildman–Crippen LogP) is 0.806. The van der Waals surface area contributed by atoms with E-state index in [4.69, 9.17) is 0 Å². The van der Waals surface area contributed by atoms with Gasteiger partial charge in [0, 0.05) is 0 Å². The van der Waals surface area contributed by atoms with E-state index in [-0.39, 0.29) is 68.3 Å². The average molecular weight is 2100 g/mol. The van der Waals surface area contributed by atoms with Crippen LogP contribution >= 0.6 is 0 Å². The summed E-state index contributed by atoms with van der Waals surface area (Å²) in [5.41, 5.74) is -14.8. The Morgan fingerprint density at radius 3 is 0.315 bits per heavy atom. The molecule has 650 valence electrons. The summed E-state index contributed by atoms with van der Waals surface area (Å²) in [6.45, 7) is 0. The van der Waals surface area contributed by atoms with Crippen molar-refractivity contribution in [3.05, 3.63) is 141 Å². The Hall–Kier alpha value is -9.20. The summed E-state index contributed by atoms with van der Waals surface area (Å²) < 4.78 is 439. The first-order valence-corrected chi connectivity index (χ1v) is 48.0. The van der Waals surface area contributed by atoms with Crippen molar-refractivity contribution in [3.63, 3.8) is 0 Å². The number of aromatic amines is 6. The van der Waals surface area contributed by atoms with Crippen LogP contribution in [-0.4, -0.2) is 215 Å². The minimum atomic E-state index is -5.45. The fourth-order valence-corrected chi connectivity index (χ4v) is 21.6. The Bertz CT molecular complexity index is 7360. The Morgan fingerprint density at radius 2 is 0.226 bits per heavy atom. The third kappa shape index (κ3) is 19.8. The fourth-order valence-electron chi connectivity index (χ4n) is 12.5.